The minimum absolute atomic E-state index is 0.304. The van der Waals surface area contributed by atoms with Gasteiger partial charge in [-0.1, -0.05) is 30.3 Å². The first-order valence-electron chi connectivity index (χ1n) is 10.9. The zero-order valence-electron chi connectivity index (χ0n) is 18.3. The Balaban J connectivity index is 1.45. The van der Waals surface area contributed by atoms with Crippen LogP contribution >= 0.6 is 11.3 Å². The lowest BCUT2D eigenvalue weighted by Gasteiger charge is -2.34. The second-order valence-electron chi connectivity index (χ2n) is 8.43. The van der Waals surface area contributed by atoms with Gasteiger partial charge in [-0.3, -0.25) is 4.90 Å². The van der Waals surface area contributed by atoms with Gasteiger partial charge in [0, 0.05) is 25.0 Å². The molecule has 32 heavy (non-hydrogen) atoms. The number of ether oxygens (including phenoxy) is 1. The van der Waals surface area contributed by atoms with E-state index < -0.39 is 15.6 Å². The number of hydrogen-bond acceptors (Lipinski definition) is 6. The molecule has 1 atom stereocenters. The van der Waals surface area contributed by atoms with Crippen LogP contribution in [0.2, 0.25) is 0 Å². The van der Waals surface area contributed by atoms with E-state index in [1.807, 2.05) is 49.6 Å². The maximum absolute atomic E-state index is 13.6. The fraction of sp³-hybridized carbons (Fsp3) is 0.375. The Morgan fingerprint density at radius 1 is 1.12 bits per heavy atom. The second-order valence-corrected chi connectivity index (χ2v) is 11.3. The van der Waals surface area contributed by atoms with Crippen LogP contribution in [0.1, 0.15) is 35.2 Å². The normalized spacial score (nSPS) is 22.4. The van der Waals surface area contributed by atoms with Crippen LogP contribution in [-0.2, 0) is 28.7 Å². The molecule has 3 heterocycles. The van der Waals surface area contributed by atoms with E-state index in [4.69, 9.17) is 4.74 Å². The Kier molecular flexibility index (Phi) is 5.57. The number of benzene rings is 2. The molecule has 1 spiro atoms. The lowest BCUT2D eigenvalue weighted by Crippen LogP contribution is -2.45. The molecular weight excluding hydrogens is 442 g/mol. The van der Waals surface area contributed by atoms with Crippen molar-refractivity contribution < 1.29 is 13.2 Å². The number of aryl methyl sites for hydroxylation is 1. The molecule has 0 radical (unpaired) electrons. The van der Waals surface area contributed by atoms with Gasteiger partial charge >= 0.3 is 0 Å². The zero-order chi connectivity index (χ0) is 22.3. The summed E-state index contributed by atoms with van der Waals surface area (Å²) in [6.45, 7) is 7.16. The molecule has 168 valence electrons. The quantitative estimate of drug-likeness (QED) is 0.543. The van der Waals surface area contributed by atoms with Crippen LogP contribution in [-0.4, -0.2) is 42.3 Å². The van der Waals surface area contributed by atoms with Gasteiger partial charge in [-0.2, -0.15) is 4.31 Å². The molecule has 0 unspecified atom stereocenters. The summed E-state index contributed by atoms with van der Waals surface area (Å²) in [5, 5.41) is 2.92. The van der Waals surface area contributed by atoms with Gasteiger partial charge < -0.3 is 4.74 Å². The Morgan fingerprint density at radius 2 is 1.91 bits per heavy atom. The number of aromatic nitrogens is 1. The van der Waals surface area contributed by atoms with Crippen molar-refractivity contribution in [1.82, 2.24) is 14.2 Å². The van der Waals surface area contributed by atoms with Gasteiger partial charge in [0.1, 0.15) is 5.75 Å². The minimum atomic E-state index is -3.58. The molecule has 0 N–H and O–H groups in total. The van der Waals surface area contributed by atoms with Crippen molar-refractivity contribution in [2.75, 3.05) is 19.7 Å². The van der Waals surface area contributed by atoms with Gasteiger partial charge in [-0.15, -0.1) is 11.3 Å². The fourth-order valence-corrected chi connectivity index (χ4v) is 7.61. The number of likely N-dealkylation sites (tertiary alicyclic amines) is 1. The first kappa shape index (κ1) is 21.6. The van der Waals surface area contributed by atoms with Gasteiger partial charge in [-0.05, 0) is 49.6 Å². The van der Waals surface area contributed by atoms with Crippen LogP contribution in [0.3, 0.4) is 0 Å². The average Bonchev–Trinajstić information content (AvgIpc) is 3.44. The average molecular weight is 470 g/mol. The Morgan fingerprint density at radius 3 is 2.62 bits per heavy atom. The summed E-state index contributed by atoms with van der Waals surface area (Å²) in [7, 11) is -3.58. The Labute approximate surface area is 193 Å². The first-order chi connectivity index (χ1) is 15.4. The summed E-state index contributed by atoms with van der Waals surface area (Å²) < 4.78 is 34.4. The highest BCUT2D eigenvalue weighted by atomic mass is 32.2. The van der Waals surface area contributed by atoms with Gasteiger partial charge in [0.2, 0.25) is 10.0 Å². The van der Waals surface area contributed by atoms with Gasteiger partial charge in [0.05, 0.1) is 34.3 Å². The van der Waals surface area contributed by atoms with Gasteiger partial charge in [0.15, 0.2) is 0 Å². The number of sulfonamides is 1. The molecule has 2 aliphatic rings. The summed E-state index contributed by atoms with van der Waals surface area (Å²) in [6, 6.07) is 15.7. The van der Waals surface area contributed by atoms with E-state index in [-0.39, 0.29) is 0 Å². The van der Waals surface area contributed by atoms with Crippen molar-refractivity contribution in [2.45, 2.75) is 43.8 Å². The van der Waals surface area contributed by atoms with Crippen molar-refractivity contribution in [2.24, 2.45) is 0 Å². The first-order valence-corrected chi connectivity index (χ1v) is 13.2. The van der Waals surface area contributed by atoms with Crippen LogP contribution < -0.4 is 4.74 Å². The topological polar surface area (TPSA) is 62.7 Å². The number of rotatable bonds is 6. The highest BCUT2D eigenvalue weighted by molar-refractivity contribution is 7.89. The van der Waals surface area contributed by atoms with E-state index in [9.17, 15) is 8.42 Å². The molecule has 0 amide bonds. The molecule has 6 nitrogen and oxygen atoms in total. The number of thiazole rings is 1. The highest BCUT2D eigenvalue weighted by Crippen LogP contribution is 2.50. The fourth-order valence-electron chi connectivity index (χ4n) is 4.97. The van der Waals surface area contributed by atoms with Crippen LogP contribution in [0.4, 0.5) is 0 Å². The number of hydrogen-bond donors (Lipinski definition) is 0. The zero-order valence-corrected chi connectivity index (χ0v) is 20.0. The Hall–Kier alpha value is -2.26. The molecule has 0 saturated carbocycles. The van der Waals surface area contributed by atoms with Crippen LogP contribution in [0, 0.1) is 6.92 Å². The summed E-state index contributed by atoms with van der Waals surface area (Å²) in [5.41, 5.74) is 2.37. The molecule has 5 rings (SSSR count). The molecule has 0 bridgehead atoms. The predicted molar refractivity (Wildman–Crippen MR) is 125 cm³/mol. The lowest BCUT2D eigenvalue weighted by molar-refractivity contribution is 0.183. The van der Waals surface area contributed by atoms with Crippen molar-refractivity contribution >= 4 is 21.4 Å². The maximum atomic E-state index is 13.6. The third-order valence-corrected chi connectivity index (χ3v) is 9.17. The molecule has 0 aliphatic carbocycles. The Bertz CT molecular complexity index is 1220. The molecule has 3 aromatic rings. The molecule has 8 heteroatoms. The maximum Gasteiger partial charge on any atom is 0.244 e. The third kappa shape index (κ3) is 3.65. The van der Waals surface area contributed by atoms with E-state index in [0.29, 0.717) is 24.6 Å². The van der Waals surface area contributed by atoms with E-state index >= 15 is 0 Å². The second kappa shape index (κ2) is 8.26. The molecular formula is C24H27N3O3S2. The summed E-state index contributed by atoms with van der Waals surface area (Å²) in [4.78, 5) is 7.35. The van der Waals surface area contributed by atoms with Gasteiger partial charge in [0.25, 0.3) is 0 Å². The lowest BCUT2D eigenvalue weighted by atomic mass is 9.89. The van der Waals surface area contributed by atoms with Gasteiger partial charge in [-0.25, -0.2) is 13.4 Å². The van der Waals surface area contributed by atoms with Crippen molar-refractivity contribution in [1.29, 1.82) is 0 Å². The summed E-state index contributed by atoms with van der Waals surface area (Å²) in [5.74, 6) is 0.870. The number of nitrogens with zero attached hydrogens (tertiary/aromatic N) is 3. The summed E-state index contributed by atoms with van der Waals surface area (Å²) >= 11 is 1.56. The smallest absolute Gasteiger partial charge is 0.244 e. The SMILES string of the molecule is CCOc1ccc(CN2CC[C@]3(C2)c2ccccc2S(=O)(=O)N3Cc2csc(C)n2)cc1. The summed E-state index contributed by atoms with van der Waals surface area (Å²) in [6.07, 6.45) is 0.767. The number of fused-ring (bicyclic) bond motifs is 2. The predicted octanol–water partition coefficient (Wildman–Crippen LogP) is 4.16. The largest absolute Gasteiger partial charge is 0.494 e. The highest BCUT2D eigenvalue weighted by Gasteiger charge is 2.56. The van der Waals surface area contributed by atoms with E-state index in [0.717, 1.165) is 41.5 Å². The molecule has 2 aromatic carbocycles. The van der Waals surface area contributed by atoms with E-state index in [1.165, 1.54) is 5.56 Å². The molecule has 1 aromatic heterocycles. The monoisotopic (exact) mass is 469 g/mol. The van der Waals surface area contributed by atoms with E-state index in [2.05, 4.69) is 22.0 Å². The molecule has 1 saturated heterocycles. The minimum Gasteiger partial charge on any atom is -0.494 e. The third-order valence-electron chi connectivity index (χ3n) is 6.37. The van der Waals surface area contributed by atoms with Crippen molar-refractivity contribution in [3.05, 3.63) is 75.7 Å². The molecule has 1 fully saturated rings. The van der Waals surface area contributed by atoms with Crippen LogP contribution in [0.5, 0.6) is 5.75 Å². The van der Waals surface area contributed by atoms with E-state index in [1.54, 1.807) is 21.7 Å². The standard InChI is InChI=1S/C24H27N3O3S2/c1-3-30-21-10-8-19(9-11-21)14-26-13-12-24(17-26)22-6-4-5-7-23(22)32(28,29)27(24)15-20-16-31-18(2)25-20/h4-11,16H,3,12-15,17H2,1-2H3/t24-/m0/s1. The van der Waals surface area contributed by atoms with Crippen LogP contribution in [0.15, 0.2) is 58.8 Å². The molecule has 2 aliphatic heterocycles. The van der Waals surface area contributed by atoms with Crippen molar-refractivity contribution in [3.8, 4) is 5.75 Å². The van der Waals surface area contributed by atoms with Crippen LogP contribution in [0.25, 0.3) is 0 Å². The van der Waals surface area contributed by atoms with Crippen molar-refractivity contribution in [3.63, 3.8) is 0 Å².